The highest BCUT2D eigenvalue weighted by Crippen LogP contribution is 2.50. The first-order chi connectivity index (χ1) is 8.84. The van der Waals surface area contributed by atoms with E-state index in [1.807, 2.05) is 32.0 Å². The quantitative estimate of drug-likeness (QED) is 0.885. The molecule has 1 aliphatic heterocycles. The van der Waals surface area contributed by atoms with E-state index in [0.29, 0.717) is 6.42 Å². The number of carbonyl (C=O) groups is 2. The molecule has 2 atom stereocenters. The van der Waals surface area contributed by atoms with Crippen LogP contribution >= 0.6 is 0 Å². The van der Waals surface area contributed by atoms with Crippen molar-refractivity contribution >= 4 is 17.6 Å². The predicted octanol–water partition coefficient (Wildman–Crippen LogP) is 2.13. The van der Waals surface area contributed by atoms with Gasteiger partial charge in [0.2, 0.25) is 5.91 Å². The number of anilines is 1. The number of carboxylic acids is 1. The van der Waals surface area contributed by atoms with Gasteiger partial charge in [-0.1, -0.05) is 12.1 Å². The molecular weight excluding hydrogens is 242 g/mol. The van der Waals surface area contributed by atoms with Gasteiger partial charge in [0, 0.05) is 12.7 Å². The molecule has 19 heavy (non-hydrogen) atoms. The van der Waals surface area contributed by atoms with E-state index in [0.717, 1.165) is 16.8 Å². The number of likely N-dealkylation sites (N-methyl/N-ethyl adjacent to an activating group) is 1. The summed E-state index contributed by atoms with van der Waals surface area (Å²) in [6.07, 6.45) is 0.707. The molecule has 0 bridgehead atoms. The maximum Gasteiger partial charge on any atom is 0.307 e. The van der Waals surface area contributed by atoms with Crippen LogP contribution in [0.1, 0.15) is 37.3 Å². The number of hydrogen-bond acceptors (Lipinski definition) is 2. The minimum Gasteiger partial charge on any atom is -0.481 e. The molecule has 0 radical (unpaired) electrons. The van der Waals surface area contributed by atoms with Gasteiger partial charge in [-0.15, -0.1) is 0 Å². The van der Waals surface area contributed by atoms with Gasteiger partial charge in [-0.3, -0.25) is 9.59 Å². The number of nitrogens with zero attached hydrogens (tertiary/aromatic N) is 1. The van der Waals surface area contributed by atoms with Crippen LogP contribution in [0.3, 0.4) is 0 Å². The van der Waals surface area contributed by atoms with Gasteiger partial charge in [-0.25, -0.2) is 0 Å². The molecule has 0 saturated heterocycles. The fourth-order valence-corrected chi connectivity index (χ4v) is 3.06. The molecule has 1 fully saturated rings. The maximum absolute atomic E-state index is 12.2. The molecule has 4 heteroatoms. The lowest BCUT2D eigenvalue weighted by molar-refractivity contribution is -0.138. The first kappa shape index (κ1) is 12.2. The summed E-state index contributed by atoms with van der Waals surface area (Å²) in [5, 5.41) is 9.00. The Morgan fingerprint density at radius 1 is 1.42 bits per heavy atom. The zero-order valence-corrected chi connectivity index (χ0v) is 11.3. The average molecular weight is 259 g/mol. The molecular formula is C15H17NO3. The molecule has 0 spiro atoms. The van der Waals surface area contributed by atoms with Crippen LogP contribution in [0.15, 0.2) is 18.2 Å². The van der Waals surface area contributed by atoms with Gasteiger partial charge in [0.25, 0.3) is 0 Å². The first-order valence-corrected chi connectivity index (χ1v) is 6.49. The van der Waals surface area contributed by atoms with Crippen LogP contribution in [-0.2, 0) is 15.0 Å². The number of carboxylic acid groups (broad SMARTS) is 1. The van der Waals surface area contributed by atoms with Crippen LogP contribution in [0.25, 0.3) is 0 Å². The van der Waals surface area contributed by atoms with Gasteiger partial charge < -0.3 is 10.0 Å². The number of carbonyl (C=O) groups excluding carboxylic acids is 1. The highest BCUT2D eigenvalue weighted by Gasteiger charge is 2.46. The Morgan fingerprint density at radius 2 is 2.11 bits per heavy atom. The highest BCUT2D eigenvalue weighted by atomic mass is 16.4. The number of rotatable bonds is 2. The van der Waals surface area contributed by atoms with Crippen molar-refractivity contribution in [3.63, 3.8) is 0 Å². The minimum absolute atomic E-state index is 0.0882. The topological polar surface area (TPSA) is 57.6 Å². The van der Waals surface area contributed by atoms with Crippen molar-refractivity contribution in [2.75, 3.05) is 11.9 Å². The van der Waals surface area contributed by atoms with E-state index < -0.39 is 11.4 Å². The Kier molecular flexibility index (Phi) is 2.31. The summed E-state index contributed by atoms with van der Waals surface area (Å²) in [4.78, 5) is 24.8. The van der Waals surface area contributed by atoms with Gasteiger partial charge in [-0.2, -0.15) is 0 Å². The lowest BCUT2D eigenvalue weighted by atomic mass is 9.85. The maximum atomic E-state index is 12.2. The standard InChI is InChI=1S/C15H17NO3/c1-15(2)11-6-8(9-7-10(9)13(17)18)4-5-12(11)16(3)14(15)19/h4-6,9-10H,7H2,1-3H3,(H,17,18). The van der Waals surface area contributed by atoms with E-state index in [1.165, 1.54) is 0 Å². The fraction of sp³-hybridized carbons (Fsp3) is 0.467. The zero-order valence-electron chi connectivity index (χ0n) is 11.3. The molecule has 1 aromatic carbocycles. The van der Waals surface area contributed by atoms with Gasteiger partial charge in [-0.05, 0) is 43.4 Å². The van der Waals surface area contributed by atoms with Crippen molar-refractivity contribution in [1.29, 1.82) is 0 Å². The van der Waals surface area contributed by atoms with Gasteiger partial charge in [0.1, 0.15) is 0 Å². The SMILES string of the molecule is CN1C(=O)C(C)(C)c2cc(C3CC3C(=O)O)ccc21. The Hall–Kier alpha value is -1.84. The normalized spacial score (nSPS) is 27.3. The largest absolute Gasteiger partial charge is 0.481 e. The second kappa shape index (κ2) is 3.59. The molecule has 0 aromatic heterocycles. The highest BCUT2D eigenvalue weighted by molar-refractivity contribution is 6.07. The van der Waals surface area contributed by atoms with Gasteiger partial charge in [0.15, 0.2) is 0 Å². The van der Waals surface area contributed by atoms with E-state index in [2.05, 4.69) is 0 Å². The zero-order chi connectivity index (χ0) is 13.9. The third kappa shape index (κ3) is 1.59. The summed E-state index contributed by atoms with van der Waals surface area (Å²) in [6.45, 7) is 3.84. The summed E-state index contributed by atoms with van der Waals surface area (Å²) in [7, 11) is 1.78. The van der Waals surface area contributed by atoms with Crippen LogP contribution in [0.2, 0.25) is 0 Å². The number of fused-ring (bicyclic) bond motifs is 1. The van der Waals surface area contributed by atoms with Crippen molar-refractivity contribution < 1.29 is 14.7 Å². The van der Waals surface area contributed by atoms with Crippen LogP contribution in [0.4, 0.5) is 5.69 Å². The first-order valence-electron chi connectivity index (χ1n) is 6.49. The number of hydrogen-bond donors (Lipinski definition) is 1. The van der Waals surface area contributed by atoms with Crippen molar-refractivity contribution in [2.24, 2.45) is 5.92 Å². The Balaban J connectivity index is 2.00. The van der Waals surface area contributed by atoms with E-state index in [4.69, 9.17) is 5.11 Å². The molecule has 2 unspecified atom stereocenters. The van der Waals surface area contributed by atoms with Gasteiger partial charge in [0.05, 0.1) is 11.3 Å². The van der Waals surface area contributed by atoms with E-state index in [-0.39, 0.29) is 17.7 Å². The lowest BCUT2D eigenvalue weighted by Gasteiger charge is -2.16. The molecule has 100 valence electrons. The minimum atomic E-state index is -0.724. The van der Waals surface area contributed by atoms with Crippen molar-refractivity contribution in [2.45, 2.75) is 31.6 Å². The Morgan fingerprint density at radius 3 is 2.68 bits per heavy atom. The Labute approximate surface area is 112 Å². The Bertz CT molecular complexity index is 591. The second-order valence-electron chi connectivity index (χ2n) is 6.05. The molecule has 1 saturated carbocycles. The molecule has 1 aliphatic carbocycles. The van der Waals surface area contributed by atoms with E-state index in [9.17, 15) is 9.59 Å². The molecule has 4 nitrogen and oxygen atoms in total. The fourth-order valence-electron chi connectivity index (χ4n) is 3.06. The van der Waals surface area contributed by atoms with Crippen molar-refractivity contribution in [1.82, 2.24) is 0 Å². The molecule has 2 aliphatic rings. The third-order valence-corrected chi connectivity index (χ3v) is 4.43. The van der Waals surface area contributed by atoms with Crippen molar-refractivity contribution in [3.05, 3.63) is 29.3 Å². The monoisotopic (exact) mass is 259 g/mol. The lowest BCUT2D eigenvalue weighted by Crippen LogP contribution is -2.33. The predicted molar refractivity (Wildman–Crippen MR) is 71.4 cm³/mol. The molecule has 1 aromatic rings. The summed E-state index contributed by atoms with van der Waals surface area (Å²) >= 11 is 0. The number of aliphatic carboxylic acids is 1. The number of benzene rings is 1. The molecule has 3 rings (SSSR count). The third-order valence-electron chi connectivity index (χ3n) is 4.43. The molecule has 1 amide bonds. The van der Waals surface area contributed by atoms with Crippen molar-refractivity contribution in [3.8, 4) is 0 Å². The van der Waals surface area contributed by atoms with Crippen LogP contribution in [0, 0.1) is 5.92 Å². The molecule has 1 N–H and O–H groups in total. The smallest absolute Gasteiger partial charge is 0.307 e. The van der Waals surface area contributed by atoms with Gasteiger partial charge >= 0.3 is 5.97 Å². The summed E-state index contributed by atoms with van der Waals surface area (Å²) < 4.78 is 0. The van der Waals surface area contributed by atoms with E-state index in [1.54, 1.807) is 11.9 Å². The van der Waals surface area contributed by atoms with E-state index >= 15 is 0 Å². The summed E-state index contributed by atoms with van der Waals surface area (Å²) in [5.41, 5.74) is 2.47. The average Bonchev–Trinajstić information content (AvgIpc) is 3.13. The molecule has 1 heterocycles. The number of amides is 1. The summed E-state index contributed by atoms with van der Waals surface area (Å²) in [5.74, 6) is -0.779. The van der Waals surface area contributed by atoms with Crippen LogP contribution in [-0.4, -0.2) is 24.0 Å². The second-order valence-corrected chi connectivity index (χ2v) is 6.05. The summed E-state index contributed by atoms with van der Waals surface area (Å²) in [6, 6.07) is 5.91. The van der Waals surface area contributed by atoms with Crippen LogP contribution < -0.4 is 4.90 Å². The van der Waals surface area contributed by atoms with Crippen LogP contribution in [0.5, 0.6) is 0 Å².